The molecule has 1 heterocycles. The van der Waals surface area contributed by atoms with Crippen LogP contribution in [0, 0.1) is 10.8 Å². The predicted molar refractivity (Wildman–Crippen MR) is 118 cm³/mol. The summed E-state index contributed by atoms with van der Waals surface area (Å²) in [6.45, 7) is 11.0. The van der Waals surface area contributed by atoms with Crippen LogP contribution < -0.4 is 5.32 Å². The van der Waals surface area contributed by atoms with E-state index in [9.17, 15) is 5.11 Å². The van der Waals surface area contributed by atoms with E-state index >= 15 is 0 Å². The maximum Gasteiger partial charge on any atom is 0.193 e. The molecule has 0 aromatic heterocycles. The third-order valence-electron chi connectivity index (χ3n) is 6.69. The van der Waals surface area contributed by atoms with E-state index < -0.39 is 0 Å². The minimum atomic E-state index is 0. The maximum absolute atomic E-state index is 9.44. The highest BCUT2D eigenvalue weighted by Gasteiger charge is 2.40. The topological polar surface area (TPSA) is 47.9 Å². The largest absolute Gasteiger partial charge is 0.396 e. The second kappa shape index (κ2) is 11.0. The third-order valence-corrected chi connectivity index (χ3v) is 6.69. The highest BCUT2D eigenvalue weighted by atomic mass is 127. The van der Waals surface area contributed by atoms with Crippen molar-refractivity contribution in [1.29, 1.82) is 0 Å². The molecule has 0 radical (unpaired) electrons. The Morgan fingerprint density at radius 2 is 1.80 bits per heavy atom. The summed E-state index contributed by atoms with van der Waals surface area (Å²) < 4.78 is 0. The average molecular weight is 465 g/mol. The Bertz CT molecular complexity index is 404. The molecule has 1 aliphatic heterocycles. The Morgan fingerprint density at radius 1 is 1.12 bits per heavy atom. The fourth-order valence-electron chi connectivity index (χ4n) is 4.64. The summed E-state index contributed by atoms with van der Waals surface area (Å²) in [6, 6.07) is 0. The summed E-state index contributed by atoms with van der Waals surface area (Å²) in [5.41, 5.74) is 0.712. The van der Waals surface area contributed by atoms with Gasteiger partial charge >= 0.3 is 0 Å². The van der Waals surface area contributed by atoms with Gasteiger partial charge in [0.15, 0.2) is 5.96 Å². The molecule has 2 fully saturated rings. The molecule has 1 saturated carbocycles. The van der Waals surface area contributed by atoms with E-state index in [1.165, 1.54) is 45.1 Å². The Labute approximate surface area is 172 Å². The summed E-state index contributed by atoms with van der Waals surface area (Å²) >= 11 is 0. The van der Waals surface area contributed by atoms with E-state index in [0.29, 0.717) is 5.41 Å². The van der Waals surface area contributed by atoms with Gasteiger partial charge in [-0.05, 0) is 56.3 Å². The minimum Gasteiger partial charge on any atom is -0.396 e. The number of hydrogen-bond donors (Lipinski definition) is 2. The number of halogens is 1. The Hall–Kier alpha value is -0.0400. The van der Waals surface area contributed by atoms with Crippen LogP contribution in [0.4, 0.5) is 0 Å². The molecule has 2 rings (SSSR count). The Morgan fingerprint density at radius 3 is 2.36 bits per heavy atom. The lowest BCUT2D eigenvalue weighted by Gasteiger charge is -2.34. The third kappa shape index (κ3) is 5.98. The van der Waals surface area contributed by atoms with E-state index in [1.807, 2.05) is 0 Å². The molecule has 2 aliphatic rings. The molecule has 1 saturated heterocycles. The van der Waals surface area contributed by atoms with E-state index in [2.05, 4.69) is 31.0 Å². The van der Waals surface area contributed by atoms with Crippen molar-refractivity contribution in [3.8, 4) is 0 Å². The molecule has 0 aromatic carbocycles. The lowest BCUT2D eigenvalue weighted by Crippen LogP contribution is -2.42. The van der Waals surface area contributed by atoms with Crippen LogP contribution in [0.1, 0.15) is 78.6 Å². The quantitative estimate of drug-likeness (QED) is 0.333. The molecule has 4 nitrogen and oxygen atoms in total. The monoisotopic (exact) mass is 465 g/mol. The van der Waals surface area contributed by atoms with Crippen molar-refractivity contribution in [1.82, 2.24) is 10.2 Å². The second-order valence-electron chi connectivity index (χ2n) is 8.08. The van der Waals surface area contributed by atoms with Crippen LogP contribution in [0.5, 0.6) is 0 Å². The molecule has 5 heteroatoms. The van der Waals surface area contributed by atoms with E-state index in [-0.39, 0.29) is 36.0 Å². The molecule has 2 N–H and O–H groups in total. The molecular formula is C20H40IN3O. The number of aliphatic hydroxyl groups excluding tert-OH is 1. The number of guanidine groups is 1. The van der Waals surface area contributed by atoms with Gasteiger partial charge in [-0.1, -0.05) is 33.1 Å². The maximum atomic E-state index is 9.44. The summed E-state index contributed by atoms with van der Waals surface area (Å²) in [6.07, 6.45) is 11.4. The van der Waals surface area contributed by atoms with Crippen molar-refractivity contribution < 1.29 is 5.11 Å². The van der Waals surface area contributed by atoms with Crippen molar-refractivity contribution in [2.45, 2.75) is 78.6 Å². The molecule has 0 amide bonds. The van der Waals surface area contributed by atoms with E-state index in [1.54, 1.807) is 0 Å². The van der Waals surface area contributed by atoms with Crippen LogP contribution in [0.2, 0.25) is 0 Å². The zero-order valence-corrected chi connectivity index (χ0v) is 19.0. The molecular weight excluding hydrogens is 425 g/mol. The first-order valence-corrected chi connectivity index (χ1v) is 10.3. The molecule has 148 valence electrons. The first-order valence-electron chi connectivity index (χ1n) is 10.3. The molecule has 1 spiro atoms. The number of nitrogens with zero attached hydrogens (tertiary/aromatic N) is 2. The average Bonchev–Trinajstić information content (AvgIpc) is 3.01. The van der Waals surface area contributed by atoms with Crippen LogP contribution in [0.15, 0.2) is 4.99 Å². The fraction of sp³-hybridized carbons (Fsp3) is 0.950. The first-order chi connectivity index (χ1) is 11.6. The van der Waals surface area contributed by atoms with Crippen LogP contribution in [-0.4, -0.2) is 48.8 Å². The van der Waals surface area contributed by atoms with Gasteiger partial charge < -0.3 is 15.3 Å². The summed E-state index contributed by atoms with van der Waals surface area (Å²) in [7, 11) is 0. The van der Waals surface area contributed by atoms with Crippen molar-refractivity contribution in [3.63, 3.8) is 0 Å². The van der Waals surface area contributed by atoms with E-state index in [0.717, 1.165) is 44.9 Å². The number of aliphatic imine (C=N–C) groups is 1. The first kappa shape index (κ1) is 23.0. The number of likely N-dealkylation sites (tertiary alicyclic amines) is 1. The van der Waals surface area contributed by atoms with Crippen molar-refractivity contribution >= 4 is 29.9 Å². The zero-order valence-electron chi connectivity index (χ0n) is 16.6. The lowest BCUT2D eigenvalue weighted by atomic mass is 9.73. The number of hydrogen-bond acceptors (Lipinski definition) is 2. The molecule has 1 aliphatic carbocycles. The molecule has 0 unspecified atom stereocenters. The summed E-state index contributed by atoms with van der Waals surface area (Å²) in [5, 5.41) is 13.0. The smallest absolute Gasteiger partial charge is 0.193 e. The predicted octanol–water partition coefficient (Wildman–Crippen LogP) is 4.41. The van der Waals surface area contributed by atoms with Gasteiger partial charge in [-0.15, -0.1) is 24.0 Å². The van der Waals surface area contributed by atoms with Gasteiger partial charge in [0.05, 0.1) is 0 Å². The van der Waals surface area contributed by atoms with Gasteiger partial charge in [0.2, 0.25) is 0 Å². The molecule has 0 bridgehead atoms. The van der Waals surface area contributed by atoms with Crippen molar-refractivity contribution in [2.75, 3.05) is 32.8 Å². The fourth-order valence-corrected chi connectivity index (χ4v) is 4.64. The van der Waals surface area contributed by atoms with Gasteiger partial charge in [-0.3, -0.25) is 4.99 Å². The van der Waals surface area contributed by atoms with E-state index in [4.69, 9.17) is 4.99 Å². The lowest BCUT2D eigenvalue weighted by molar-refractivity contribution is 0.174. The normalized spacial score (nSPS) is 20.6. The van der Waals surface area contributed by atoms with Gasteiger partial charge in [-0.25, -0.2) is 0 Å². The van der Waals surface area contributed by atoms with Crippen molar-refractivity contribution in [2.24, 2.45) is 15.8 Å². The summed E-state index contributed by atoms with van der Waals surface area (Å²) in [5.74, 6) is 1.10. The van der Waals surface area contributed by atoms with Gasteiger partial charge in [0.1, 0.15) is 0 Å². The molecule has 0 aromatic rings. The number of rotatable bonds is 7. The molecule has 25 heavy (non-hydrogen) atoms. The van der Waals surface area contributed by atoms with Gasteiger partial charge in [0, 0.05) is 32.8 Å². The summed E-state index contributed by atoms with van der Waals surface area (Å²) in [4.78, 5) is 7.53. The number of aliphatic hydroxyl groups is 1. The van der Waals surface area contributed by atoms with Gasteiger partial charge in [0.25, 0.3) is 0 Å². The highest BCUT2D eigenvalue weighted by molar-refractivity contribution is 14.0. The van der Waals surface area contributed by atoms with Crippen LogP contribution in [0.3, 0.4) is 0 Å². The SMILES string of the molecule is CCNC(=NCC(CC)(CC)CCO)N1CCC2(CCCCC2)C1.I. The Kier molecular flexibility index (Phi) is 10.1. The van der Waals surface area contributed by atoms with Crippen LogP contribution >= 0.6 is 24.0 Å². The van der Waals surface area contributed by atoms with Crippen LogP contribution in [-0.2, 0) is 0 Å². The van der Waals surface area contributed by atoms with Crippen LogP contribution in [0.25, 0.3) is 0 Å². The molecule has 0 atom stereocenters. The zero-order chi connectivity index (χ0) is 17.5. The standard InChI is InChI=1S/C20H39N3O.HI/c1-4-19(5-2,13-15-24)16-22-18(21-6-3)23-14-12-20(17-23)10-8-7-9-11-20;/h24H,4-17H2,1-3H3,(H,21,22);1H. The second-order valence-corrected chi connectivity index (χ2v) is 8.08. The van der Waals surface area contributed by atoms with Crippen molar-refractivity contribution in [3.05, 3.63) is 0 Å². The Balaban J connectivity index is 0.00000312. The number of nitrogens with one attached hydrogen (secondary N) is 1. The van der Waals surface area contributed by atoms with Gasteiger partial charge in [-0.2, -0.15) is 0 Å². The highest BCUT2D eigenvalue weighted by Crippen LogP contribution is 2.43. The minimum absolute atomic E-state index is 0.